The second kappa shape index (κ2) is 6.65. The van der Waals surface area contributed by atoms with Crippen molar-refractivity contribution in [1.29, 1.82) is 0 Å². The summed E-state index contributed by atoms with van der Waals surface area (Å²) in [5.41, 5.74) is 8.98. The van der Waals surface area contributed by atoms with Gasteiger partial charge in [-0.3, -0.25) is 0 Å². The first-order chi connectivity index (χ1) is 13.7. The van der Waals surface area contributed by atoms with E-state index in [0.29, 0.717) is 0 Å². The van der Waals surface area contributed by atoms with E-state index >= 15 is 0 Å². The van der Waals surface area contributed by atoms with Gasteiger partial charge in [0, 0.05) is 56.0 Å². The molecule has 3 aromatic carbocycles. The van der Waals surface area contributed by atoms with Gasteiger partial charge in [-0.25, -0.2) is 0 Å². The van der Waals surface area contributed by atoms with Crippen LogP contribution in [0.4, 0.5) is 5.69 Å². The van der Waals surface area contributed by atoms with Crippen LogP contribution in [-0.2, 0) is 6.42 Å². The highest BCUT2D eigenvalue weighted by molar-refractivity contribution is 5.87. The lowest BCUT2D eigenvalue weighted by atomic mass is 10.0. The number of aryl methyl sites for hydroxylation is 1. The number of anilines is 1. The Morgan fingerprint density at radius 2 is 1.57 bits per heavy atom. The Morgan fingerprint density at radius 3 is 2.39 bits per heavy atom. The molecule has 0 fully saturated rings. The van der Waals surface area contributed by atoms with Gasteiger partial charge >= 0.3 is 0 Å². The number of fused-ring (bicyclic) bond motifs is 2. The number of benzene rings is 3. The number of allylic oxidation sites excluding steroid dienone is 1. The van der Waals surface area contributed by atoms with E-state index in [-0.39, 0.29) is 0 Å². The van der Waals surface area contributed by atoms with E-state index in [1.807, 2.05) is 0 Å². The second-order valence-electron chi connectivity index (χ2n) is 7.43. The van der Waals surface area contributed by atoms with E-state index in [9.17, 15) is 0 Å². The largest absolute Gasteiger partial charge is 0.348 e. The van der Waals surface area contributed by atoms with Crippen LogP contribution in [0.1, 0.15) is 16.8 Å². The lowest BCUT2D eigenvalue weighted by Gasteiger charge is -2.15. The molecule has 0 unspecified atom stereocenters. The number of likely N-dealkylation sites (N-methyl/N-ethyl adjacent to an activating group) is 1. The predicted molar refractivity (Wildman–Crippen MR) is 117 cm³/mol. The van der Waals surface area contributed by atoms with E-state index in [2.05, 4.69) is 114 Å². The van der Waals surface area contributed by atoms with Crippen LogP contribution in [-0.4, -0.2) is 7.05 Å². The van der Waals surface area contributed by atoms with Crippen LogP contribution < -0.4 is 9.47 Å². The van der Waals surface area contributed by atoms with E-state index in [1.165, 1.54) is 44.8 Å². The Hall–Kier alpha value is -3.39. The first kappa shape index (κ1) is 16.8. The molecular weight excluding hydrogens is 340 g/mol. The van der Waals surface area contributed by atoms with Gasteiger partial charge in [-0.05, 0) is 29.3 Å². The lowest BCUT2D eigenvalue weighted by molar-refractivity contribution is -0.574. The fraction of sp³-hybridized carbons (Fsp3) is 0.115. The lowest BCUT2D eigenvalue weighted by Crippen LogP contribution is -2.35. The molecule has 2 nitrogen and oxygen atoms in total. The summed E-state index contributed by atoms with van der Waals surface area (Å²) in [5, 5.41) is 1.27. The summed E-state index contributed by atoms with van der Waals surface area (Å²) < 4.78 is 2.34. The fourth-order valence-electron chi connectivity index (χ4n) is 4.29. The Bertz CT molecular complexity index is 1210. The monoisotopic (exact) mass is 363 g/mol. The van der Waals surface area contributed by atoms with E-state index in [4.69, 9.17) is 0 Å². The van der Waals surface area contributed by atoms with Gasteiger partial charge in [-0.15, -0.1) is 0 Å². The summed E-state index contributed by atoms with van der Waals surface area (Å²) >= 11 is 0. The molecule has 0 aliphatic carbocycles. The number of hydrogen-bond donors (Lipinski definition) is 0. The van der Waals surface area contributed by atoms with Gasteiger partial charge in [-0.2, -0.15) is 4.57 Å². The van der Waals surface area contributed by atoms with Crippen molar-refractivity contribution in [3.05, 3.63) is 107 Å². The van der Waals surface area contributed by atoms with Crippen LogP contribution >= 0.6 is 0 Å². The van der Waals surface area contributed by atoms with Crippen LogP contribution in [0, 0.1) is 6.92 Å². The van der Waals surface area contributed by atoms with E-state index in [0.717, 1.165) is 6.42 Å². The topological polar surface area (TPSA) is 7.12 Å². The number of hydrogen-bond acceptors (Lipinski definition) is 1. The SMILES string of the molecule is Cc1cc(C=C2Cc3ccccc3N2C)c2ccccc2[n+]1-c1ccccc1. The number of rotatable bonds is 2. The zero-order chi connectivity index (χ0) is 19.1. The van der Waals surface area contributed by atoms with Gasteiger partial charge in [-0.1, -0.05) is 48.5 Å². The first-order valence-corrected chi connectivity index (χ1v) is 9.74. The molecule has 136 valence electrons. The molecule has 0 saturated carbocycles. The summed E-state index contributed by atoms with van der Waals surface area (Å²) in [5.74, 6) is 0. The molecule has 0 amide bonds. The molecule has 1 aromatic heterocycles. The Labute approximate surface area is 166 Å². The van der Waals surface area contributed by atoms with Gasteiger partial charge in [0.2, 0.25) is 11.2 Å². The van der Waals surface area contributed by atoms with Gasteiger partial charge < -0.3 is 4.90 Å². The quantitative estimate of drug-likeness (QED) is 0.429. The third-order valence-corrected chi connectivity index (χ3v) is 5.66. The summed E-state index contributed by atoms with van der Waals surface area (Å²) in [4.78, 5) is 2.32. The average Bonchev–Trinajstić information content (AvgIpc) is 3.04. The van der Waals surface area contributed by atoms with Gasteiger partial charge in [0.15, 0.2) is 5.69 Å². The third kappa shape index (κ3) is 2.69. The molecule has 2 heterocycles. The van der Waals surface area contributed by atoms with Crippen LogP contribution in [0.25, 0.3) is 22.7 Å². The van der Waals surface area contributed by atoms with Gasteiger partial charge in [0.1, 0.15) is 0 Å². The maximum atomic E-state index is 2.35. The zero-order valence-electron chi connectivity index (χ0n) is 16.3. The Balaban J connectivity index is 1.69. The predicted octanol–water partition coefficient (Wildman–Crippen LogP) is 5.46. The average molecular weight is 363 g/mol. The maximum Gasteiger partial charge on any atom is 0.219 e. The third-order valence-electron chi connectivity index (χ3n) is 5.66. The molecule has 0 spiro atoms. The van der Waals surface area contributed by atoms with Crippen molar-refractivity contribution < 1.29 is 4.57 Å². The van der Waals surface area contributed by atoms with Crippen molar-refractivity contribution in [3.8, 4) is 5.69 Å². The number of para-hydroxylation sites is 3. The standard InChI is InChI=1S/C26H23N2/c1-19-16-21(18-23-17-20-10-6-8-14-25(20)27(23)2)24-13-7-9-15-26(24)28(19)22-11-4-3-5-12-22/h3-16,18H,17H2,1-2H3/q+1. The molecule has 0 saturated heterocycles. The number of aromatic nitrogens is 1. The molecule has 0 N–H and O–H groups in total. The smallest absolute Gasteiger partial charge is 0.219 e. The summed E-state index contributed by atoms with van der Waals surface area (Å²) in [7, 11) is 2.17. The highest BCUT2D eigenvalue weighted by atomic mass is 15.1. The second-order valence-corrected chi connectivity index (χ2v) is 7.43. The van der Waals surface area contributed by atoms with Crippen molar-refractivity contribution in [2.75, 3.05) is 11.9 Å². The first-order valence-electron chi connectivity index (χ1n) is 9.74. The molecule has 5 rings (SSSR count). The number of pyridine rings is 1. The van der Waals surface area contributed by atoms with Gasteiger partial charge in [0.25, 0.3) is 0 Å². The Kier molecular flexibility index (Phi) is 3.98. The normalized spacial score (nSPS) is 14.6. The minimum Gasteiger partial charge on any atom is -0.348 e. The molecular formula is C26H23N2+. The van der Waals surface area contributed by atoms with Crippen molar-refractivity contribution in [2.24, 2.45) is 0 Å². The highest BCUT2D eigenvalue weighted by Gasteiger charge is 2.22. The Morgan fingerprint density at radius 1 is 0.857 bits per heavy atom. The van der Waals surface area contributed by atoms with Crippen molar-refractivity contribution >= 4 is 22.7 Å². The fourth-order valence-corrected chi connectivity index (χ4v) is 4.29. The highest BCUT2D eigenvalue weighted by Crippen LogP contribution is 2.34. The molecule has 1 aliphatic rings. The van der Waals surface area contributed by atoms with Crippen LogP contribution in [0.15, 0.2) is 90.6 Å². The minimum atomic E-state index is 0.980. The van der Waals surface area contributed by atoms with Crippen LogP contribution in [0.2, 0.25) is 0 Å². The minimum absolute atomic E-state index is 0.980. The van der Waals surface area contributed by atoms with Crippen molar-refractivity contribution in [3.63, 3.8) is 0 Å². The van der Waals surface area contributed by atoms with Crippen molar-refractivity contribution in [2.45, 2.75) is 13.3 Å². The maximum absolute atomic E-state index is 2.35. The van der Waals surface area contributed by atoms with Crippen LogP contribution in [0.3, 0.4) is 0 Å². The number of nitrogens with zero attached hydrogens (tertiary/aromatic N) is 2. The van der Waals surface area contributed by atoms with E-state index in [1.54, 1.807) is 0 Å². The van der Waals surface area contributed by atoms with Crippen molar-refractivity contribution in [1.82, 2.24) is 0 Å². The summed E-state index contributed by atoms with van der Waals surface area (Å²) in [6.45, 7) is 2.19. The van der Waals surface area contributed by atoms with E-state index < -0.39 is 0 Å². The summed E-state index contributed by atoms with van der Waals surface area (Å²) in [6, 6.07) is 30.2. The molecule has 0 radical (unpaired) electrons. The molecule has 2 heteroatoms. The zero-order valence-corrected chi connectivity index (χ0v) is 16.3. The molecule has 28 heavy (non-hydrogen) atoms. The molecule has 0 bridgehead atoms. The van der Waals surface area contributed by atoms with Crippen LogP contribution in [0.5, 0.6) is 0 Å². The molecule has 1 aliphatic heterocycles. The summed E-state index contributed by atoms with van der Waals surface area (Å²) in [6.07, 6.45) is 3.33. The van der Waals surface area contributed by atoms with Gasteiger partial charge in [0.05, 0.1) is 5.39 Å². The molecule has 0 atom stereocenters. The molecule has 4 aromatic rings.